The lowest BCUT2D eigenvalue weighted by Crippen LogP contribution is -1.98. The summed E-state index contributed by atoms with van der Waals surface area (Å²) >= 11 is 0. The second-order valence-electron chi connectivity index (χ2n) is 4.75. The number of ether oxygens (including phenoxy) is 1. The average Bonchev–Trinajstić information content (AvgIpc) is 2.72. The summed E-state index contributed by atoms with van der Waals surface area (Å²) in [4.78, 5) is 11.6. The molecule has 130 valence electrons. The van der Waals surface area contributed by atoms with E-state index >= 15 is 0 Å². The number of esters is 1. The highest BCUT2D eigenvalue weighted by Crippen LogP contribution is 2.01. The number of carbonyl (C=O) groups is 1. The summed E-state index contributed by atoms with van der Waals surface area (Å²) in [5.41, 5.74) is 0. The van der Waals surface area contributed by atoms with Crippen LogP contribution in [0.2, 0.25) is 0 Å². The van der Waals surface area contributed by atoms with Gasteiger partial charge in [0.2, 0.25) is 0 Å². The van der Waals surface area contributed by atoms with E-state index in [4.69, 9.17) is 11.0 Å². The van der Waals surface area contributed by atoms with Crippen molar-refractivity contribution in [2.45, 2.75) is 71.0 Å². The van der Waals surface area contributed by atoms with Crippen molar-refractivity contribution in [2.75, 3.05) is 7.11 Å². The van der Waals surface area contributed by atoms with Crippen LogP contribution < -0.4 is 0 Å². The fourth-order valence-corrected chi connectivity index (χ4v) is 1.57. The molecule has 0 radical (unpaired) electrons. The summed E-state index contributed by atoms with van der Waals surface area (Å²) in [6.07, 6.45) is 7.66. The van der Waals surface area contributed by atoms with Crippen molar-refractivity contribution in [1.29, 1.82) is 0 Å². The van der Waals surface area contributed by atoms with E-state index in [0.717, 1.165) is 20.0 Å². The quantitative estimate of drug-likeness (QED) is 0.212. The lowest BCUT2D eigenvalue weighted by molar-refractivity contribution is -0.140. The molecule has 23 heavy (non-hydrogen) atoms. The molecule has 0 unspecified atom stereocenters. The number of rotatable bonds is 14. The third kappa shape index (κ3) is 18.4. The lowest BCUT2D eigenvalue weighted by Gasteiger charge is -1.95. The molecular formula is C21H34O2. The summed E-state index contributed by atoms with van der Waals surface area (Å²) < 4.78 is 66.6. The van der Waals surface area contributed by atoms with Gasteiger partial charge in [0.1, 0.15) is 0 Å². The van der Waals surface area contributed by atoms with Crippen molar-refractivity contribution in [3.8, 4) is 0 Å². The van der Waals surface area contributed by atoms with E-state index in [9.17, 15) is 4.79 Å². The molecule has 0 aliphatic heterocycles. The molecule has 0 aliphatic carbocycles. The first-order chi connectivity index (χ1) is 14.4. The topological polar surface area (TPSA) is 26.3 Å². The van der Waals surface area contributed by atoms with E-state index in [2.05, 4.69) is 23.8 Å². The standard InChI is InChI=1S/C21H34O2/c1-3-4-5-6-7-8-9-10-11-12-13-14-15-16-17-18-19-20-21(22)23-2/h7-8,10-11,13-14,16-17H,3-6,9,12,15,18-20H2,1-2H3/b8-7-,11-10-,14-13-,17-16-/i16D,17D,18D2,19D2,20D2. The van der Waals surface area contributed by atoms with E-state index in [0.29, 0.717) is 6.42 Å². The summed E-state index contributed by atoms with van der Waals surface area (Å²) in [6.45, 7) is 2.17. The van der Waals surface area contributed by atoms with Gasteiger partial charge < -0.3 is 4.74 Å². The first-order valence-electron chi connectivity index (χ1n) is 12.1. The molecule has 0 spiro atoms. The molecule has 0 saturated carbocycles. The summed E-state index contributed by atoms with van der Waals surface area (Å²) in [6, 6.07) is -1.51. The molecule has 0 atom stereocenters. The van der Waals surface area contributed by atoms with Gasteiger partial charge in [-0.1, -0.05) is 68.3 Å². The maximum atomic E-state index is 11.6. The van der Waals surface area contributed by atoms with Crippen LogP contribution in [0.3, 0.4) is 0 Å². The molecule has 0 saturated heterocycles. The third-order valence-electron chi connectivity index (χ3n) is 2.80. The minimum Gasteiger partial charge on any atom is -0.469 e. The highest BCUT2D eigenvalue weighted by molar-refractivity contribution is 5.69. The predicted molar refractivity (Wildman–Crippen MR) is 100 cm³/mol. The first-order valence-corrected chi connectivity index (χ1v) is 8.08. The molecule has 2 heteroatoms. The Morgan fingerprint density at radius 3 is 2.30 bits per heavy atom. The SMILES string of the molecule is [2H]/C(C/C=C\C/C=C\C/C=C\CCCCC)=C(\[2H])C([2H])([2H])C([2H])([2H])C([2H])([2H])C(=O)OC. The normalized spacial score (nSPS) is 20.1. The number of allylic oxidation sites excluding steroid dienone is 8. The van der Waals surface area contributed by atoms with Gasteiger partial charge in [-0.15, -0.1) is 0 Å². The Morgan fingerprint density at radius 1 is 1.00 bits per heavy atom. The number of carbonyl (C=O) groups excluding carboxylic acids is 1. The van der Waals surface area contributed by atoms with Crippen molar-refractivity contribution in [3.63, 3.8) is 0 Å². The molecule has 2 nitrogen and oxygen atoms in total. The van der Waals surface area contributed by atoms with Gasteiger partial charge in [-0.05, 0) is 44.8 Å². The zero-order valence-corrected chi connectivity index (χ0v) is 14.2. The lowest BCUT2D eigenvalue weighted by atomic mass is 10.2. The molecule has 0 aromatic heterocycles. The molecule has 0 bridgehead atoms. The number of hydrogen-bond acceptors (Lipinski definition) is 2. The second kappa shape index (κ2) is 18.5. The van der Waals surface area contributed by atoms with Gasteiger partial charge in [0, 0.05) is 14.6 Å². The number of hydrogen-bond donors (Lipinski definition) is 0. The van der Waals surface area contributed by atoms with Crippen LogP contribution in [0.1, 0.15) is 82.0 Å². The van der Waals surface area contributed by atoms with E-state index in [1.807, 2.05) is 12.2 Å². The molecule has 0 aliphatic rings. The highest BCUT2D eigenvalue weighted by Gasteiger charge is 1.96. The van der Waals surface area contributed by atoms with Crippen molar-refractivity contribution < 1.29 is 20.5 Å². The van der Waals surface area contributed by atoms with E-state index in [-0.39, 0.29) is 6.42 Å². The van der Waals surface area contributed by atoms with Crippen molar-refractivity contribution in [1.82, 2.24) is 0 Å². The molecular weight excluding hydrogens is 284 g/mol. The van der Waals surface area contributed by atoms with Crippen LogP contribution in [0.25, 0.3) is 0 Å². The van der Waals surface area contributed by atoms with Gasteiger partial charge in [-0.2, -0.15) is 0 Å². The molecule has 0 rings (SSSR count). The Balaban J connectivity index is 4.86. The molecule has 0 aromatic carbocycles. The van der Waals surface area contributed by atoms with Crippen LogP contribution in [0.15, 0.2) is 48.6 Å². The number of methoxy groups -OCH3 is 1. The van der Waals surface area contributed by atoms with Crippen LogP contribution in [0.4, 0.5) is 0 Å². The monoisotopic (exact) mass is 326 g/mol. The molecule has 0 aromatic rings. The predicted octanol–water partition coefficient (Wildman–Crippen LogP) is 6.31. The Bertz CT molecular complexity index is 679. The van der Waals surface area contributed by atoms with Gasteiger partial charge in [-0.3, -0.25) is 4.79 Å². The van der Waals surface area contributed by atoms with E-state index in [1.165, 1.54) is 19.3 Å². The minimum absolute atomic E-state index is 0.110. The van der Waals surface area contributed by atoms with Gasteiger partial charge >= 0.3 is 5.97 Å². The van der Waals surface area contributed by atoms with Crippen LogP contribution in [-0.2, 0) is 9.53 Å². The number of unbranched alkanes of at least 4 members (excludes halogenated alkanes) is 3. The van der Waals surface area contributed by atoms with Crippen molar-refractivity contribution in [3.05, 3.63) is 48.6 Å². The first kappa shape index (κ1) is 11.1. The summed E-state index contributed by atoms with van der Waals surface area (Å²) in [5, 5.41) is 0. The minimum atomic E-state index is -3.41. The second-order valence-corrected chi connectivity index (χ2v) is 4.75. The fourth-order valence-electron chi connectivity index (χ4n) is 1.57. The van der Waals surface area contributed by atoms with Crippen LogP contribution in [0.5, 0.6) is 0 Å². The Hall–Kier alpha value is -1.57. The zero-order valence-electron chi connectivity index (χ0n) is 22.2. The Labute approximate surface area is 154 Å². The third-order valence-corrected chi connectivity index (χ3v) is 2.80. The van der Waals surface area contributed by atoms with Crippen molar-refractivity contribution in [2.24, 2.45) is 0 Å². The largest absolute Gasteiger partial charge is 0.469 e. The van der Waals surface area contributed by atoms with Gasteiger partial charge in [0.25, 0.3) is 0 Å². The van der Waals surface area contributed by atoms with Gasteiger partial charge in [0.05, 0.1) is 9.85 Å². The highest BCUT2D eigenvalue weighted by atomic mass is 16.5. The van der Waals surface area contributed by atoms with Crippen LogP contribution >= 0.6 is 0 Å². The maximum Gasteiger partial charge on any atom is 0.305 e. The van der Waals surface area contributed by atoms with Crippen LogP contribution in [-0.4, -0.2) is 13.1 Å². The molecule has 0 heterocycles. The van der Waals surface area contributed by atoms with Gasteiger partial charge in [0.15, 0.2) is 0 Å². The van der Waals surface area contributed by atoms with Crippen LogP contribution in [0, 0.1) is 0 Å². The Morgan fingerprint density at radius 2 is 1.65 bits per heavy atom. The molecule has 0 amide bonds. The summed E-state index contributed by atoms with van der Waals surface area (Å²) in [5.74, 6) is -1.58. The van der Waals surface area contributed by atoms with Gasteiger partial charge in [-0.25, -0.2) is 0 Å². The summed E-state index contributed by atoms with van der Waals surface area (Å²) in [7, 11) is 0.863. The average molecular weight is 327 g/mol. The maximum absolute atomic E-state index is 11.6. The zero-order chi connectivity index (χ0) is 24.1. The smallest absolute Gasteiger partial charge is 0.305 e. The Kier molecular flexibility index (Phi) is 8.89. The van der Waals surface area contributed by atoms with E-state index < -0.39 is 37.2 Å². The fraction of sp³-hybridized carbons (Fsp3) is 0.571. The molecule has 0 fully saturated rings. The molecule has 0 N–H and O–H groups in total. The van der Waals surface area contributed by atoms with E-state index in [1.54, 1.807) is 12.2 Å². The van der Waals surface area contributed by atoms with Crippen molar-refractivity contribution >= 4 is 5.97 Å².